The van der Waals surface area contributed by atoms with E-state index in [0.29, 0.717) is 42.8 Å². The molecular formula is C32H43ClN2O6. The van der Waals surface area contributed by atoms with Gasteiger partial charge in [-0.1, -0.05) is 56.7 Å². The van der Waals surface area contributed by atoms with E-state index >= 15 is 0 Å². The number of amides is 2. The number of anilines is 1. The number of unbranched alkanes of at least 4 members (excludes halogenated alkanes) is 1. The molecule has 3 fully saturated rings. The number of esters is 1. The molecule has 4 rings (SSSR count). The third kappa shape index (κ3) is 5.02. The van der Waals surface area contributed by atoms with Gasteiger partial charge < -0.3 is 24.4 Å². The number of ether oxygens (including phenoxy) is 2. The lowest BCUT2D eigenvalue weighted by atomic mass is 9.65. The Balaban J connectivity index is 1.85. The molecule has 3 saturated heterocycles. The van der Waals surface area contributed by atoms with Crippen LogP contribution in [0.25, 0.3) is 0 Å². The van der Waals surface area contributed by atoms with Crippen LogP contribution in [0.5, 0.6) is 0 Å². The van der Waals surface area contributed by atoms with Gasteiger partial charge in [-0.3, -0.25) is 14.4 Å². The number of hydrogen-bond donors (Lipinski definition) is 1. The molecule has 0 aliphatic carbocycles. The summed E-state index contributed by atoms with van der Waals surface area (Å²) in [7, 11) is 0. The first-order valence-electron chi connectivity index (χ1n) is 14.6. The van der Waals surface area contributed by atoms with Gasteiger partial charge in [-0.25, -0.2) is 0 Å². The smallest absolute Gasteiger partial charge is 0.312 e. The molecule has 2 unspecified atom stereocenters. The second-order valence-electron chi connectivity index (χ2n) is 11.8. The highest BCUT2D eigenvalue weighted by atomic mass is 35.5. The Morgan fingerprint density at radius 3 is 2.61 bits per heavy atom. The first-order valence-corrected chi connectivity index (χ1v) is 15.0. The number of carbonyl (C=O) groups is 3. The van der Waals surface area contributed by atoms with E-state index in [0.717, 1.165) is 5.56 Å². The number of carbonyl (C=O) groups excluding carboxylic acids is 3. The number of likely N-dealkylation sites (tertiary alicyclic amines) is 1. The number of allylic oxidation sites excluding steroid dienone is 1. The molecule has 1 spiro atoms. The zero-order valence-electron chi connectivity index (χ0n) is 24.6. The highest BCUT2D eigenvalue weighted by Gasteiger charge is 2.79. The Morgan fingerprint density at radius 1 is 1.29 bits per heavy atom. The summed E-state index contributed by atoms with van der Waals surface area (Å²) in [5.74, 6) is -3.11. The fraction of sp³-hybridized carbons (Fsp3) is 0.594. The molecule has 3 heterocycles. The number of rotatable bonds is 13. The highest BCUT2D eigenvalue weighted by molar-refractivity contribution is 6.34. The van der Waals surface area contributed by atoms with E-state index < -0.39 is 41.1 Å². The number of aryl methyl sites for hydroxylation is 1. The van der Waals surface area contributed by atoms with E-state index in [1.165, 1.54) is 4.90 Å². The van der Waals surface area contributed by atoms with E-state index in [1.807, 2.05) is 39.8 Å². The zero-order valence-corrected chi connectivity index (χ0v) is 25.4. The van der Waals surface area contributed by atoms with Crippen molar-refractivity contribution in [2.75, 3.05) is 24.7 Å². The van der Waals surface area contributed by atoms with Gasteiger partial charge in [0, 0.05) is 6.54 Å². The summed E-state index contributed by atoms with van der Waals surface area (Å²) in [5, 5.41) is 10.9. The molecule has 41 heavy (non-hydrogen) atoms. The number of halogens is 1. The van der Waals surface area contributed by atoms with Crippen molar-refractivity contribution in [2.24, 2.45) is 17.8 Å². The summed E-state index contributed by atoms with van der Waals surface area (Å²) in [6.45, 7) is 15.2. The maximum Gasteiger partial charge on any atom is 0.312 e. The Hall–Kier alpha value is -2.68. The second kappa shape index (κ2) is 12.3. The van der Waals surface area contributed by atoms with Crippen molar-refractivity contribution >= 4 is 35.1 Å². The van der Waals surface area contributed by atoms with Gasteiger partial charge in [0.2, 0.25) is 5.91 Å². The monoisotopic (exact) mass is 586 g/mol. The van der Waals surface area contributed by atoms with Crippen LogP contribution in [0.15, 0.2) is 43.5 Å². The van der Waals surface area contributed by atoms with Crippen LogP contribution in [0, 0.1) is 24.7 Å². The number of benzene rings is 1. The van der Waals surface area contributed by atoms with Crippen molar-refractivity contribution in [3.05, 3.63) is 54.1 Å². The first-order chi connectivity index (χ1) is 19.5. The molecule has 1 N–H and O–H groups in total. The van der Waals surface area contributed by atoms with Crippen molar-refractivity contribution in [3.8, 4) is 0 Å². The molecule has 1 aromatic carbocycles. The molecule has 224 valence electrons. The molecule has 9 heteroatoms. The van der Waals surface area contributed by atoms with Gasteiger partial charge in [0.1, 0.15) is 17.6 Å². The van der Waals surface area contributed by atoms with Crippen LogP contribution in [-0.2, 0) is 23.9 Å². The van der Waals surface area contributed by atoms with E-state index in [4.69, 9.17) is 21.1 Å². The van der Waals surface area contributed by atoms with Gasteiger partial charge in [0.15, 0.2) is 0 Å². The molecule has 3 aliphatic rings. The van der Waals surface area contributed by atoms with E-state index in [1.54, 1.807) is 23.1 Å². The van der Waals surface area contributed by atoms with Gasteiger partial charge in [-0.15, -0.1) is 13.2 Å². The van der Waals surface area contributed by atoms with E-state index in [-0.39, 0.29) is 37.5 Å². The van der Waals surface area contributed by atoms with Gasteiger partial charge in [0.05, 0.1) is 41.5 Å². The molecule has 1 aromatic rings. The predicted molar refractivity (Wildman–Crippen MR) is 159 cm³/mol. The number of nitrogens with zero attached hydrogens (tertiary/aromatic N) is 2. The second-order valence-corrected chi connectivity index (χ2v) is 12.2. The Morgan fingerprint density at radius 2 is 2.02 bits per heavy atom. The van der Waals surface area contributed by atoms with E-state index in [9.17, 15) is 19.5 Å². The van der Waals surface area contributed by atoms with Crippen LogP contribution in [0.3, 0.4) is 0 Å². The van der Waals surface area contributed by atoms with Crippen molar-refractivity contribution in [1.29, 1.82) is 0 Å². The topological polar surface area (TPSA) is 96.4 Å². The van der Waals surface area contributed by atoms with Crippen molar-refractivity contribution in [2.45, 2.75) is 83.1 Å². The quantitative estimate of drug-likeness (QED) is 0.202. The minimum atomic E-state index is -1.24. The van der Waals surface area contributed by atoms with Crippen molar-refractivity contribution in [3.63, 3.8) is 0 Å². The normalized spacial score (nSPS) is 29.0. The average Bonchev–Trinajstić information content (AvgIpc) is 3.54. The van der Waals surface area contributed by atoms with Crippen LogP contribution in [0.4, 0.5) is 5.69 Å². The third-order valence-corrected chi connectivity index (χ3v) is 9.56. The lowest BCUT2D eigenvalue weighted by Gasteiger charge is -2.41. The molecule has 0 aromatic heterocycles. The summed E-state index contributed by atoms with van der Waals surface area (Å²) in [4.78, 5) is 46.0. The molecule has 2 bridgehead atoms. The zero-order chi connectivity index (χ0) is 30.1. The SMILES string of the molecule is C=CCCCOC(=O)[C@@H]1[C@H]2C(=O)N([C@@H](CO)C(C)C)C(C(=O)N(CC=C)c3c(C)cccc3Cl)C23CC[C@@]1(CC)O3. The number of para-hydroxylation sites is 1. The van der Waals surface area contributed by atoms with Crippen molar-refractivity contribution in [1.82, 2.24) is 4.90 Å². The summed E-state index contributed by atoms with van der Waals surface area (Å²) >= 11 is 6.64. The predicted octanol–water partition coefficient (Wildman–Crippen LogP) is 4.85. The van der Waals surface area contributed by atoms with Gasteiger partial charge in [-0.2, -0.15) is 0 Å². The minimum absolute atomic E-state index is 0.155. The molecule has 0 saturated carbocycles. The average molecular weight is 587 g/mol. The van der Waals surface area contributed by atoms with Crippen LogP contribution < -0.4 is 4.90 Å². The molecule has 6 atom stereocenters. The largest absolute Gasteiger partial charge is 0.465 e. The Labute approximate surface area is 248 Å². The highest BCUT2D eigenvalue weighted by Crippen LogP contribution is 2.65. The van der Waals surface area contributed by atoms with Gasteiger partial charge >= 0.3 is 5.97 Å². The van der Waals surface area contributed by atoms with Crippen LogP contribution >= 0.6 is 11.6 Å². The fourth-order valence-corrected chi connectivity index (χ4v) is 7.62. The fourth-order valence-electron chi connectivity index (χ4n) is 7.29. The lowest BCUT2D eigenvalue weighted by molar-refractivity contribution is -0.162. The number of aliphatic hydroxyl groups excluding tert-OH is 1. The summed E-state index contributed by atoms with van der Waals surface area (Å²) in [6, 6.07) is 3.69. The lowest BCUT2D eigenvalue weighted by Crippen LogP contribution is -2.60. The molecular weight excluding hydrogens is 544 g/mol. The maximum atomic E-state index is 14.8. The van der Waals surface area contributed by atoms with Crippen molar-refractivity contribution < 1.29 is 29.0 Å². The first kappa shape index (κ1) is 31.3. The molecule has 3 aliphatic heterocycles. The van der Waals surface area contributed by atoms with Gasteiger partial charge in [0.25, 0.3) is 5.91 Å². The summed E-state index contributed by atoms with van der Waals surface area (Å²) in [6.07, 6.45) is 6.18. The maximum absolute atomic E-state index is 14.8. The number of fused-ring (bicyclic) bond motifs is 1. The van der Waals surface area contributed by atoms with E-state index in [2.05, 4.69) is 13.2 Å². The molecule has 2 amide bonds. The molecule has 0 radical (unpaired) electrons. The molecule has 8 nitrogen and oxygen atoms in total. The Kier molecular flexibility index (Phi) is 9.36. The van der Waals surface area contributed by atoms with Crippen LogP contribution in [0.2, 0.25) is 5.02 Å². The van der Waals surface area contributed by atoms with Crippen LogP contribution in [0.1, 0.15) is 58.4 Å². The van der Waals surface area contributed by atoms with Gasteiger partial charge in [-0.05, 0) is 56.6 Å². The number of hydrogen-bond acceptors (Lipinski definition) is 6. The minimum Gasteiger partial charge on any atom is -0.465 e. The third-order valence-electron chi connectivity index (χ3n) is 9.25. The summed E-state index contributed by atoms with van der Waals surface area (Å²) < 4.78 is 12.5. The summed E-state index contributed by atoms with van der Waals surface area (Å²) in [5.41, 5.74) is -0.821. The Bertz CT molecular complexity index is 1180. The van der Waals surface area contributed by atoms with Crippen LogP contribution in [-0.4, -0.2) is 70.8 Å². The number of aliphatic hydroxyl groups is 1. The standard InChI is InChI=1S/C32H43ClN2O6/c1-7-10-11-18-40-30(39)25-24-28(37)35(23(19-36)20(4)5)27(32(24)16-15-31(25,9-3)41-32)29(38)34(17-8-2)26-21(6)13-12-14-22(26)33/h7-8,12-14,20,23-25,27,36H,1-2,9-11,15-19H2,3-6H3/t23-,24-,25-,27?,31+,32?/m0/s1.